The Hall–Kier alpha value is -2.48. The van der Waals surface area contributed by atoms with E-state index in [1.807, 2.05) is 45.0 Å². The van der Waals surface area contributed by atoms with Crippen molar-refractivity contribution >= 4 is 40.9 Å². The second-order valence-electron chi connectivity index (χ2n) is 6.45. The highest BCUT2D eigenvalue weighted by atomic mass is 35.5. The minimum absolute atomic E-state index is 0.0778. The van der Waals surface area contributed by atoms with Gasteiger partial charge in [0, 0.05) is 16.3 Å². The highest BCUT2D eigenvalue weighted by molar-refractivity contribution is 6.36. The van der Waals surface area contributed by atoms with Gasteiger partial charge in [-0.05, 0) is 42.7 Å². The van der Waals surface area contributed by atoms with Gasteiger partial charge in [-0.15, -0.1) is 0 Å². The first-order chi connectivity index (χ1) is 12.8. The third kappa shape index (κ3) is 5.75. The minimum atomic E-state index is -0.516. The van der Waals surface area contributed by atoms with Crippen LogP contribution in [-0.4, -0.2) is 12.5 Å². The lowest BCUT2D eigenvalue weighted by molar-refractivity contribution is -0.112. The van der Waals surface area contributed by atoms with Crippen molar-refractivity contribution in [2.45, 2.75) is 20.8 Å². The number of aryl methyl sites for hydroxylation is 1. The van der Waals surface area contributed by atoms with Crippen LogP contribution in [0.4, 0.5) is 5.69 Å². The smallest absolute Gasteiger partial charge is 0.266 e. The Balaban J connectivity index is 2.37. The number of ether oxygens (including phenoxy) is 1. The molecule has 2 aromatic carbocycles. The summed E-state index contributed by atoms with van der Waals surface area (Å²) in [4.78, 5) is 12.5. The van der Waals surface area contributed by atoms with Gasteiger partial charge in [0.1, 0.15) is 17.4 Å². The number of para-hydroxylation sites is 1. The largest absolute Gasteiger partial charge is 0.491 e. The van der Waals surface area contributed by atoms with E-state index in [2.05, 4.69) is 5.32 Å². The van der Waals surface area contributed by atoms with Gasteiger partial charge in [0.05, 0.1) is 11.6 Å². The molecular formula is C21H20Cl2N2O2. The van der Waals surface area contributed by atoms with Crippen LogP contribution in [0.1, 0.15) is 25.0 Å². The lowest BCUT2D eigenvalue weighted by Crippen LogP contribution is -2.14. The molecule has 0 radical (unpaired) electrons. The van der Waals surface area contributed by atoms with Crippen molar-refractivity contribution in [3.05, 3.63) is 63.1 Å². The summed E-state index contributed by atoms with van der Waals surface area (Å²) in [6, 6.07) is 12.4. The number of hydrogen-bond acceptors (Lipinski definition) is 3. The first-order valence-electron chi connectivity index (χ1n) is 8.42. The second-order valence-corrected chi connectivity index (χ2v) is 7.29. The van der Waals surface area contributed by atoms with E-state index in [-0.39, 0.29) is 11.5 Å². The van der Waals surface area contributed by atoms with Crippen LogP contribution in [0.3, 0.4) is 0 Å². The zero-order valence-corrected chi connectivity index (χ0v) is 16.9. The van der Waals surface area contributed by atoms with Crippen molar-refractivity contribution in [1.29, 1.82) is 5.26 Å². The van der Waals surface area contributed by atoms with Crippen molar-refractivity contribution in [2.24, 2.45) is 5.92 Å². The summed E-state index contributed by atoms with van der Waals surface area (Å²) in [6.07, 6.45) is 1.43. The maximum atomic E-state index is 12.5. The first-order valence-corrected chi connectivity index (χ1v) is 9.18. The van der Waals surface area contributed by atoms with Crippen LogP contribution in [0.15, 0.2) is 42.0 Å². The number of rotatable bonds is 6. The number of carbonyl (C=O) groups is 1. The Labute approximate surface area is 169 Å². The molecule has 0 unspecified atom stereocenters. The van der Waals surface area contributed by atoms with Crippen molar-refractivity contribution in [3.8, 4) is 11.8 Å². The fraction of sp³-hybridized carbons (Fsp3) is 0.238. The van der Waals surface area contributed by atoms with E-state index in [0.717, 1.165) is 5.56 Å². The third-order valence-electron chi connectivity index (χ3n) is 3.66. The van der Waals surface area contributed by atoms with Gasteiger partial charge in [-0.25, -0.2) is 0 Å². The van der Waals surface area contributed by atoms with Gasteiger partial charge in [-0.1, -0.05) is 55.2 Å². The highest BCUT2D eigenvalue weighted by Crippen LogP contribution is 2.34. The molecule has 0 fully saturated rings. The fourth-order valence-electron chi connectivity index (χ4n) is 2.30. The first kappa shape index (κ1) is 20.8. The summed E-state index contributed by atoms with van der Waals surface area (Å²) in [5.74, 6) is 0.164. The van der Waals surface area contributed by atoms with Crippen molar-refractivity contribution < 1.29 is 9.53 Å². The molecule has 6 heteroatoms. The van der Waals surface area contributed by atoms with Gasteiger partial charge in [-0.3, -0.25) is 4.79 Å². The van der Waals surface area contributed by atoms with E-state index < -0.39 is 5.91 Å². The summed E-state index contributed by atoms with van der Waals surface area (Å²) in [6.45, 7) is 6.34. The molecule has 140 valence electrons. The lowest BCUT2D eigenvalue weighted by atomic mass is 10.1. The van der Waals surface area contributed by atoms with E-state index in [1.165, 1.54) is 6.08 Å². The zero-order chi connectivity index (χ0) is 20.0. The number of amides is 1. The van der Waals surface area contributed by atoms with Gasteiger partial charge < -0.3 is 10.1 Å². The maximum absolute atomic E-state index is 12.5. The molecule has 4 nitrogen and oxygen atoms in total. The number of carbonyl (C=O) groups excluding carboxylic acids is 1. The summed E-state index contributed by atoms with van der Waals surface area (Å²) in [5.41, 5.74) is 1.94. The summed E-state index contributed by atoms with van der Waals surface area (Å²) in [7, 11) is 0. The molecule has 0 aliphatic carbocycles. The normalized spacial score (nSPS) is 11.2. The molecule has 0 spiro atoms. The average Bonchev–Trinajstić information content (AvgIpc) is 2.60. The van der Waals surface area contributed by atoms with Crippen molar-refractivity contribution in [3.63, 3.8) is 0 Å². The summed E-state index contributed by atoms with van der Waals surface area (Å²) in [5, 5.41) is 12.9. The van der Waals surface area contributed by atoms with Gasteiger partial charge in [-0.2, -0.15) is 5.26 Å². The number of anilines is 1. The van der Waals surface area contributed by atoms with Crippen LogP contribution in [0, 0.1) is 24.2 Å². The maximum Gasteiger partial charge on any atom is 0.266 e. The molecule has 0 bridgehead atoms. The van der Waals surface area contributed by atoms with E-state index in [1.54, 1.807) is 18.2 Å². The predicted octanol–water partition coefficient (Wildman–Crippen LogP) is 5.88. The minimum Gasteiger partial charge on any atom is -0.491 e. The SMILES string of the molecule is Cc1ccccc1NC(=O)/C(C#N)=C/c1cc(Cl)cc(Cl)c1OCC(C)C. The van der Waals surface area contributed by atoms with Gasteiger partial charge in [0.25, 0.3) is 5.91 Å². The molecule has 0 aliphatic heterocycles. The Kier molecular flexibility index (Phi) is 7.29. The molecular weight excluding hydrogens is 383 g/mol. The summed E-state index contributed by atoms with van der Waals surface area (Å²) < 4.78 is 5.77. The zero-order valence-electron chi connectivity index (χ0n) is 15.3. The molecule has 0 aromatic heterocycles. The fourth-order valence-corrected chi connectivity index (χ4v) is 2.86. The van der Waals surface area contributed by atoms with Gasteiger partial charge >= 0.3 is 0 Å². The average molecular weight is 403 g/mol. The molecule has 0 atom stereocenters. The number of nitriles is 1. The highest BCUT2D eigenvalue weighted by Gasteiger charge is 2.15. The quantitative estimate of drug-likeness (QED) is 0.484. The van der Waals surface area contributed by atoms with E-state index in [4.69, 9.17) is 27.9 Å². The van der Waals surface area contributed by atoms with Crippen LogP contribution in [-0.2, 0) is 4.79 Å². The Bertz CT molecular complexity index is 915. The standard InChI is InChI=1S/C21H20Cl2N2O2/c1-13(2)12-27-20-15(9-17(22)10-18(20)23)8-16(11-24)21(26)25-19-7-5-4-6-14(19)3/h4-10,13H,12H2,1-3H3,(H,25,26)/b16-8+. The number of benzene rings is 2. The molecule has 2 aromatic rings. The molecule has 27 heavy (non-hydrogen) atoms. The van der Waals surface area contributed by atoms with E-state index in [9.17, 15) is 10.1 Å². The third-order valence-corrected chi connectivity index (χ3v) is 4.16. The number of nitrogens with zero attached hydrogens (tertiary/aromatic N) is 1. The lowest BCUT2D eigenvalue weighted by Gasteiger charge is -2.14. The molecule has 0 saturated heterocycles. The molecule has 0 saturated carbocycles. The van der Waals surface area contributed by atoms with Crippen molar-refractivity contribution in [2.75, 3.05) is 11.9 Å². The van der Waals surface area contributed by atoms with Gasteiger partial charge in [0.15, 0.2) is 0 Å². The van der Waals surface area contributed by atoms with E-state index >= 15 is 0 Å². The van der Waals surface area contributed by atoms with Crippen LogP contribution >= 0.6 is 23.2 Å². The topological polar surface area (TPSA) is 62.1 Å². The molecule has 0 heterocycles. The van der Waals surface area contributed by atoms with Crippen LogP contribution in [0.25, 0.3) is 6.08 Å². The summed E-state index contributed by atoms with van der Waals surface area (Å²) >= 11 is 12.3. The second kappa shape index (κ2) is 9.45. The number of nitrogens with one attached hydrogen (secondary N) is 1. The number of halogens is 2. The van der Waals surface area contributed by atoms with Crippen LogP contribution in [0.5, 0.6) is 5.75 Å². The van der Waals surface area contributed by atoms with Crippen molar-refractivity contribution in [1.82, 2.24) is 0 Å². The Morgan fingerprint density at radius 2 is 2.00 bits per heavy atom. The monoisotopic (exact) mass is 402 g/mol. The molecule has 1 amide bonds. The number of hydrogen-bond donors (Lipinski definition) is 1. The Morgan fingerprint density at radius 1 is 1.30 bits per heavy atom. The Morgan fingerprint density at radius 3 is 2.63 bits per heavy atom. The molecule has 0 aliphatic rings. The van der Waals surface area contributed by atoms with Crippen LogP contribution in [0.2, 0.25) is 10.0 Å². The van der Waals surface area contributed by atoms with E-state index in [0.29, 0.717) is 33.7 Å². The van der Waals surface area contributed by atoms with Gasteiger partial charge in [0.2, 0.25) is 0 Å². The molecule has 1 N–H and O–H groups in total. The van der Waals surface area contributed by atoms with Crippen LogP contribution < -0.4 is 10.1 Å². The predicted molar refractivity (Wildman–Crippen MR) is 110 cm³/mol. The molecule has 2 rings (SSSR count).